The fourth-order valence-corrected chi connectivity index (χ4v) is 0. The van der Waals surface area contributed by atoms with Gasteiger partial charge in [-0.2, -0.15) is 13.2 Å². The molecule has 0 unspecified atom stereocenters. The maximum Gasteiger partial charge on any atom is 0.522 e. The van der Waals surface area contributed by atoms with Crippen LogP contribution in [0.25, 0.3) is 0 Å². The van der Waals surface area contributed by atoms with Crippen molar-refractivity contribution in [2.24, 2.45) is 0 Å². The second-order valence-corrected chi connectivity index (χ2v) is 1.62. The van der Waals surface area contributed by atoms with Crippen molar-refractivity contribution in [2.45, 2.75) is 25.9 Å². The summed E-state index contributed by atoms with van der Waals surface area (Å²) in [4.78, 5) is 0. The van der Waals surface area contributed by atoms with Gasteiger partial charge in [-0.3, -0.25) is 4.74 Å². The zero-order valence-electron chi connectivity index (χ0n) is 6.38. The van der Waals surface area contributed by atoms with E-state index in [1.54, 1.807) is 0 Å². The van der Waals surface area contributed by atoms with Gasteiger partial charge in [0.25, 0.3) is 0 Å². The number of ether oxygens (including phenoxy) is 1. The zero-order chi connectivity index (χ0) is 10.4. The highest BCUT2D eigenvalue weighted by molar-refractivity contribution is 4.39. The summed E-state index contributed by atoms with van der Waals surface area (Å²) in [5.74, 6) is 0. The van der Waals surface area contributed by atoms with Crippen LogP contribution in [-0.4, -0.2) is 19.6 Å². The van der Waals surface area contributed by atoms with Gasteiger partial charge in [-0.1, -0.05) is 6.92 Å². The van der Waals surface area contributed by atoms with Crippen LogP contribution in [0.5, 0.6) is 0 Å². The molecule has 0 N–H and O–H groups in total. The van der Waals surface area contributed by atoms with Crippen molar-refractivity contribution < 1.29 is 31.1 Å². The van der Waals surface area contributed by atoms with Gasteiger partial charge in [0.05, 0.1) is 0 Å². The zero-order valence-corrected chi connectivity index (χ0v) is 6.38. The van der Waals surface area contributed by atoms with Crippen molar-refractivity contribution in [3.63, 3.8) is 0 Å². The van der Waals surface area contributed by atoms with Crippen molar-refractivity contribution in [1.82, 2.24) is 0 Å². The van der Waals surface area contributed by atoms with Crippen LogP contribution in [0.2, 0.25) is 0 Å². The first-order chi connectivity index (χ1) is 5.12. The molecule has 0 saturated carbocycles. The Hall–Kier alpha value is -0.460. The quantitative estimate of drug-likeness (QED) is 0.543. The van der Waals surface area contributed by atoms with Gasteiger partial charge in [0.2, 0.25) is 0 Å². The lowest BCUT2D eigenvalue weighted by atomic mass is 10.5. The number of hydrogen-bond acceptors (Lipinski definition) is 1. The standard InChI is InChI=1S/C3H5F3.C2H3F3O/c1-2-3(4,5)6;1-6-2(3,4)5/h2H2,1H3;1H3. The molecule has 0 aliphatic heterocycles. The van der Waals surface area contributed by atoms with E-state index in [1.165, 1.54) is 0 Å². The minimum Gasteiger partial charge on any atom is -0.295 e. The Morgan fingerprint density at radius 2 is 1.17 bits per heavy atom. The SMILES string of the molecule is CCC(F)(F)F.COC(F)(F)F. The number of hydrogen-bond donors (Lipinski definition) is 0. The first-order valence-corrected chi connectivity index (χ1v) is 2.81. The predicted molar refractivity (Wildman–Crippen MR) is 29.4 cm³/mol. The van der Waals surface area contributed by atoms with Crippen LogP contribution >= 0.6 is 0 Å². The van der Waals surface area contributed by atoms with Crippen LogP contribution < -0.4 is 0 Å². The minimum absolute atomic E-state index is 0.583. The van der Waals surface area contributed by atoms with E-state index < -0.39 is 19.0 Å². The summed E-state index contributed by atoms with van der Waals surface area (Å²) >= 11 is 0. The Labute approximate surface area is 65.3 Å². The van der Waals surface area contributed by atoms with Gasteiger partial charge >= 0.3 is 12.5 Å². The monoisotopic (exact) mass is 198 g/mol. The maximum absolute atomic E-state index is 10.8. The second-order valence-electron chi connectivity index (χ2n) is 1.62. The van der Waals surface area contributed by atoms with Gasteiger partial charge in [-0.15, -0.1) is 13.2 Å². The lowest BCUT2D eigenvalue weighted by molar-refractivity contribution is -0.311. The molecule has 0 spiro atoms. The second kappa shape index (κ2) is 5.23. The number of methoxy groups -OCH3 is 1. The summed E-state index contributed by atoms with van der Waals surface area (Å²) in [6, 6.07) is 0. The van der Waals surface area contributed by atoms with Crippen molar-refractivity contribution in [3.8, 4) is 0 Å². The van der Waals surface area contributed by atoms with E-state index in [4.69, 9.17) is 0 Å². The van der Waals surface area contributed by atoms with Crippen LogP contribution in [0.3, 0.4) is 0 Å². The van der Waals surface area contributed by atoms with Gasteiger partial charge < -0.3 is 0 Å². The van der Waals surface area contributed by atoms with Crippen LogP contribution in [0.4, 0.5) is 26.3 Å². The molecule has 0 saturated heterocycles. The lowest BCUT2D eigenvalue weighted by Crippen LogP contribution is -2.08. The average molecular weight is 198 g/mol. The maximum atomic E-state index is 10.8. The molecule has 0 fully saturated rings. The average Bonchev–Trinajstić information content (AvgIpc) is 1.86. The van der Waals surface area contributed by atoms with Crippen molar-refractivity contribution in [3.05, 3.63) is 0 Å². The summed E-state index contributed by atoms with van der Waals surface area (Å²) in [7, 11) is 0.583. The fraction of sp³-hybridized carbons (Fsp3) is 1.00. The topological polar surface area (TPSA) is 9.23 Å². The van der Waals surface area contributed by atoms with E-state index in [1.807, 2.05) is 0 Å². The molecule has 0 amide bonds. The number of alkyl halides is 6. The summed E-state index contributed by atoms with van der Waals surface area (Å²) in [5, 5.41) is 0. The summed E-state index contributed by atoms with van der Waals surface area (Å²) in [6.45, 7) is 1.08. The highest BCUT2D eigenvalue weighted by Gasteiger charge is 2.25. The Morgan fingerprint density at radius 1 is 1.00 bits per heavy atom. The van der Waals surface area contributed by atoms with Crippen LogP contribution in [0, 0.1) is 0 Å². The van der Waals surface area contributed by atoms with Gasteiger partial charge in [-0.25, -0.2) is 0 Å². The minimum atomic E-state index is -4.46. The smallest absolute Gasteiger partial charge is 0.295 e. The molecule has 0 aliphatic rings. The first-order valence-electron chi connectivity index (χ1n) is 2.81. The number of halogens is 6. The molecule has 0 rings (SSSR count). The van der Waals surface area contributed by atoms with E-state index in [0.717, 1.165) is 6.92 Å². The third-order valence-electron chi connectivity index (χ3n) is 0.632. The third-order valence-corrected chi connectivity index (χ3v) is 0.632. The van der Waals surface area contributed by atoms with E-state index in [9.17, 15) is 26.3 Å². The third kappa shape index (κ3) is 22.7. The van der Waals surface area contributed by atoms with Gasteiger partial charge in [0.1, 0.15) is 0 Å². The van der Waals surface area contributed by atoms with Crippen molar-refractivity contribution >= 4 is 0 Å². The van der Waals surface area contributed by atoms with E-state index in [2.05, 4.69) is 4.74 Å². The highest BCUT2D eigenvalue weighted by Crippen LogP contribution is 2.17. The highest BCUT2D eigenvalue weighted by atomic mass is 19.4. The van der Waals surface area contributed by atoms with E-state index >= 15 is 0 Å². The first kappa shape index (κ1) is 14.1. The van der Waals surface area contributed by atoms with Crippen molar-refractivity contribution in [1.29, 1.82) is 0 Å². The molecule has 0 bridgehead atoms. The largest absolute Gasteiger partial charge is 0.522 e. The molecular weight excluding hydrogens is 190 g/mol. The Morgan fingerprint density at radius 3 is 1.17 bits per heavy atom. The van der Waals surface area contributed by atoms with Crippen molar-refractivity contribution in [2.75, 3.05) is 7.11 Å². The predicted octanol–water partition coefficient (Wildman–Crippen LogP) is 3.11. The molecular formula is C5H8F6O. The summed E-state index contributed by atoms with van der Waals surface area (Å²) in [6.07, 6.45) is -9.15. The molecule has 0 aliphatic carbocycles. The van der Waals surface area contributed by atoms with E-state index in [-0.39, 0.29) is 0 Å². The Bertz CT molecular complexity index is 89.5. The van der Waals surface area contributed by atoms with Gasteiger partial charge in [0.15, 0.2) is 0 Å². The van der Waals surface area contributed by atoms with Crippen LogP contribution in [0.15, 0.2) is 0 Å². The summed E-state index contributed by atoms with van der Waals surface area (Å²) in [5.41, 5.74) is 0. The molecule has 12 heavy (non-hydrogen) atoms. The Kier molecular flexibility index (Phi) is 6.14. The molecule has 76 valence electrons. The molecule has 0 radical (unpaired) electrons. The van der Waals surface area contributed by atoms with E-state index in [0.29, 0.717) is 7.11 Å². The summed E-state index contributed by atoms with van der Waals surface area (Å²) < 4.78 is 67.0. The molecule has 1 nitrogen and oxygen atoms in total. The normalized spacial score (nSPS) is 12.0. The van der Waals surface area contributed by atoms with Gasteiger partial charge in [-0.05, 0) is 0 Å². The Balaban J connectivity index is 0. The molecule has 0 aromatic rings. The molecule has 0 aromatic carbocycles. The molecule has 0 atom stereocenters. The fourth-order valence-electron chi connectivity index (χ4n) is 0. The number of rotatable bonds is 0. The molecule has 0 aromatic heterocycles. The van der Waals surface area contributed by atoms with Crippen LogP contribution in [0.1, 0.15) is 13.3 Å². The molecule has 7 heteroatoms. The van der Waals surface area contributed by atoms with Gasteiger partial charge in [0, 0.05) is 13.5 Å². The van der Waals surface area contributed by atoms with Crippen LogP contribution in [-0.2, 0) is 4.74 Å². The lowest BCUT2D eigenvalue weighted by Gasteiger charge is -1.97. The molecule has 0 heterocycles.